The lowest BCUT2D eigenvalue weighted by atomic mass is 10.0. The van der Waals surface area contributed by atoms with Crippen LogP contribution in [0.3, 0.4) is 0 Å². The fourth-order valence-electron chi connectivity index (χ4n) is 3.02. The van der Waals surface area contributed by atoms with Gasteiger partial charge in [0.05, 0.1) is 0 Å². The van der Waals surface area contributed by atoms with Crippen LogP contribution in [-0.2, 0) is 6.42 Å². The van der Waals surface area contributed by atoms with E-state index in [9.17, 15) is 0 Å². The predicted molar refractivity (Wildman–Crippen MR) is 83.8 cm³/mol. The molecule has 1 aliphatic rings. The van der Waals surface area contributed by atoms with E-state index >= 15 is 0 Å². The minimum absolute atomic E-state index is 0.232. The Hall–Kier alpha value is -1.02. The molecule has 1 unspecified atom stereocenters. The summed E-state index contributed by atoms with van der Waals surface area (Å²) in [4.78, 5) is 2.58. The first kappa shape index (κ1) is 14.4. The van der Waals surface area contributed by atoms with Crippen LogP contribution >= 0.6 is 0 Å². The zero-order valence-corrected chi connectivity index (χ0v) is 12.5. The van der Waals surface area contributed by atoms with Gasteiger partial charge in [0.1, 0.15) is 0 Å². The van der Waals surface area contributed by atoms with Crippen LogP contribution in [-0.4, -0.2) is 19.1 Å². The van der Waals surface area contributed by atoms with E-state index in [4.69, 9.17) is 5.73 Å². The number of nitrogens with two attached hydrogens (primary N) is 1. The van der Waals surface area contributed by atoms with Crippen LogP contribution in [0.5, 0.6) is 0 Å². The number of rotatable bonds is 3. The molecule has 1 fully saturated rings. The quantitative estimate of drug-likeness (QED) is 0.898. The minimum atomic E-state index is 0.232. The highest BCUT2D eigenvalue weighted by molar-refractivity contribution is 5.55. The van der Waals surface area contributed by atoms with Crippen molar-refractivity contribution in [2.75, 3.05) is 18.0 Å². The Balaban J connectivity index is 2.20. The van der Waals surface area contributed by atoms with Crippen molar-refractivity contribution in [3.05, 3.63) is 29.3 Å². The molecule has 2 N–H and O–H groups in total. The summed E-state index contributed by atoms with van der Waals surface area (Å²) in [6, 6.07) is 7.08. The van der Waals surface area contributed by atoms with Crippen LogP contribution in [0, 0.1) is 6.92 Å². The molecule has 0 radical (unpaired) electrons. The van der Waals surface area contributed by atoms with Gasteiger partial charge in [-0.2, -0.15) is 0 Å². The van der Waals surface area contributed by atoms with Crippen molar-refractivity contribution in [1.29, 1.82) is 0 Å². The lowest BCUT2D eigenvalue weighted by Gasteiger charge is -2.29. The molecule has 1 atom stereocenters. The maximum atomic E-state index is 6.01. The maximum absolute atomic E-state index is 6.01. The van der Waals surface area contributed by atoms with E-state index in [0.29, 0.717) is 0 Å². The second kappa shape index (κ2) is 6.95. The Morgan fingerprint density at radius 2 is 1.74 bits per heavy atom. The first-order valence-corrected chi connectivity index (χ1v) is 7.77. The fraction of sp³-hybridized carbons (Fsp3) is 0.647. The van der Waals surface area contributed by atoms with Gasteiger partial charge in [-0.25, -0.2) is 0 Å². The first-order valence-electron chi connectivity index (χ1n) is 7.77. The molecule has 0 aliphatic carbocycles. The molecule has 0 bridgehead atoms. The lowest BCUT2D eigenvalue weighted by Crippen LogP contribution is -2.29. The lowest BCUT2D eigenvalue weighted by molar-refractivity contribution is 0.555. The van der Waals surface area contributed by atoms with Crippen molar-refractivity contribution in [1.82, 2.24) is 0 Å². The van der Waals surface area contributed by atoms with E-state index in [0.717, 1.165) is 6.42 Å². The summed E-state index contributed by atoms with van der Waals surface area (Å²) in [6.07, 6.45) is 7.80. The smallest absolute Gasteiger partial charge is 0.0399 e. The Morgan fingerprint density at radius 1 is 1.11 bits per heavy atom. The van der Waals surface area contributed by atoms with Crippen molar-refractivity contribution in [3.8, 4) is 0 Å². The zero-order chi connectivity index (χ0) is 13.7. The molecular weight excluding hydrogens is 232 g/mol. The summed E-state index contributed by atoms with van der Waals surface area (Å²) in [5.74, 6) is 0. The summed E-state index contributed by atoms with van der Waals surface area (Å²) < 4.78 is 0. The Bertz CT molecular complexity index is 390. The molecule has 1 heterocycles. The average molecular weight is 260 g/mol. The standard InChI is InChI=1S/C17H28N2/c1-14-8-9-17(16(12-14)13-15(2)18)19-10-6-4-3-5-7-11-19/h8-9,12,15H,3-7,10-11,13,18H2,1-2H3. The van der Waals surface area contributed by atoms with Gasteiger partial charge < -0.3 is 10.6 Å². The van der Waals surface area contributed by atoms with Gasteiger partial charge in [-0.3, -0.25) is 0 Å². The molecule has 0 saturated carbocycles. The Kier molecular flexibility index (Phi) is 5.26. The van der Waals surface area contributed by atoms with Gasteiger partial charge in [-0.1, -0.05) is 37.0 Å². The summed E-state index contributed by atoms with van der Waals surface area (Å²) in [5.41, 5.74) is 10.2. The third kappa shape index (κ3) is 4.24. The van der Waals surface area contributed by atoms with Gasteiger partial charge in [0.15, 0.2) is 0 Å². The van der Waals surface area contributed by atoms with Crippen LogP contribution in [0.1, 0.15) is 50.2 Å². The summed E-state index contributed by atoms with van der Waals surface area (Å²) in [7, 11) is 0. The van der Waals surface area contributed by atoms with Crippen LogP contribution in [0.25, 0.3) is 0 Å². The molecular formula is C17H28N2. The number of hydrogen-bond acceptors (Lipinski definition) is 2. The van der Waals surface area contributed by atoms with Crippen LogP contribution in [0.4, 0.5) is 5.69 Å². The highest BCUT2D eigenvalue weighted by Gasteiger charge is 2.13. The number of nitrogens with zero attached hydrogens (tertiary/aromatic N) is 1. The molecule has 1 aromatic carbocycles. The molecule has 0 aromatic heterocycles. The monoisotopic (exact) mass is 260 g/mol. The average Bonchev–Trinajstić information content (AvgIpc) is 2.29. The normalized spacial score (nSPS) is 18.8. The minimum Gasteiger partial charge on any atom is -0.371 e. The van der Waals surface area contributed by atoms with E-state index in [1.165, 1.54) is 62.0 Å². The fourth-order valence-corrected chi connectivity index (χ4v) is 3.02. The van der Waals surface area contributed by atoms with Crippen molar-refractivity contribution >= 4 is 5.69 Å². The molecule has 0 spiro atoms. The van der Waals surface area contributed by atoms with Gasteiger partial charge in [-0.15, -0.1) is 0 Å². The van der Waals surface area contributed by atoms with E-state index < -0.39 is 0 Å². The largest absolute Gasteiger partial charge is 0.371 e. The van der Waals surface area contributed by atoms with Crippen molar-refractivity contribution in [2.24, 2.45) is 5.73 Å². The van der Waals surface area contributed by atoms with Crippen LogP contribution in [0.15, 0.2) is 18.2 Å². The van der Waals surface area contributed by atoms with Gasteiger partial charge in [-0.05, 0) is 44.7 Å². The Morgan fingerprint density at radius 3 is 2.37 bits per heavy atom. The SMILES string of the molecule is Cc1ccc(N2CCCCCCC2)c(CC(C)N)c1. The number of aryl methyl sites for hydroxylation is 1. The summed E-state index contributed by atoms with van der Waals surface area (Å²) in [6.45, 7) is 6.67. The molecule has 1 aliphatic heterocycles. The second-order valence-corrected chi connectivity index (χ2v) is 6.07. The maximum Gasteiger partial charge on any atom is 0.0399 e. The highest BCUT2D eigenvalue weighted by Crippen LogP contribution is 2.25. The van der Waals surface area contributed by atoms with Gasteiger partial charge in [0.2, 0.25) is 0 Å². The van der Waals surface area contributed by atoms with E-state index in [2.05, 4.69) is 36.9 Å². The molecule has 2 heteroatoms. The third-order valence-corrected chi connectivity index (χ3v) is 3.97. The number of anilines is 1. The summed E-state index contributed by atoms with van der Waals surface area (Å²) >= 11 is 0. The van der Waals surface area contributed by atoms with Gasteiger partial charge in [0.25, 0.3) is 0 Å². The van der Waals surface area contributed by atoms with Gasteiger partial charge >= 0.3 is 0 Å². The first-order chi connectivity index (χ1) is 9.16. The molecule has 19 heavy (non-hydrogen) atoms. The predicted octanol–water partition coefficient (Wildman–Crippen LogP) is 3.66. The van der Waals surface area contributed by atoms with E-state index in [1.807, 2.05) is 0 Å². The zero-order valence-electron chi connectivity index (χ0n) is 12.5. The topological polar surface area (TPSA) is 29.3 Å². The van der Waals surface area contributed by atoms with Crippen LogP contribution < -0.4 is 10.6 Å². The molecule has 2 nitrogen and oxygen atoms in total. The van der Waals surface area contributed by atoms with Crippen molar-refractivity contribution < 1.29 is 0 Å². The number of hydrogen-bond donors (Lipinski definition) is 1. The highest BCUT2D eigenvalue weighted by atomic mass is 15.1. The van der Waals surface area contributed by atoms with Crippen molar-refractivity contribution in [2.45, 2.75) is 58.4 Å². The Labute approximate surface area is 118 Å². The van der Waals surface area contributed by atoms with E-state index in [1.54, 1.807) is 0 Å². The van der Waals surface area contributed by atoms with E-state index in [-0.39, 0.29) is 6.04 Å². The van der Waals surface area contributed by atoms with Crippen molar-refractivity contribution in [3.63, 3.8) is 0 Å². The number of benzene rings is 1. The van der Waals surface area contributed by atoms with Crippen LogP contribution in [0.2, 0.25) is 0 Å². The molecule has 2 rings (SSSR count). The summed E-state index contributed by atoms with van der Waals surface area (Å²) in [5, 5.41) is 0. The molecule has 1 saturated heterocycles. The molecule has 1 aromatic rings. The third-order valence-electron chi connectivity index (χ3n) is 3.97. The molecule has 0 amide bonds. The molecule has 106 valence electrons. The second-order valence-electron chi connectivity index (χ2n) is 6.07. The van der Waals surface area contributed by atoms with Gasteiger partial charge in [0, 0.05) is 24.8 Å².